The fourth-order valence-corrected chi connectivity index (χ4v) is 2.63. The third-order valence-corrected chi connectivity index (χ3v) is 3.83. The van der Waals surface area contributed by atoms with E-state index in [9.17, 15) is 9.90 Å². The molecule has 1 saturated heterocycles. The minimum Gasteiger partial charge on any atom is -0.478 e. The van der Waals surface area contributed by atoms with Gasteiger partial charge in [-0.1, -0.05) is 13.8 Å². The largest absolute Gasteiger partial charge is 0.478 e. The van der Waals surface area contributed by atoms with E-state index in [-0.39, 0.29) is 11.6 Å². The zero-order chi connectivity index (χ0) is 14.7. The summed E-state index contributed by atoms with van der Waals surface area (Å²) in [6, 6.07) is 0.166. The molecule has 1 aromatic heterocycles. The molecule has 2 rings (SSSR count). The van der Waals surface area contributed by atoms with E-state index in [1.807, 2.05) is 25.8 Å². The molecule has 1 N–H and O–H groups in total. The predicted molar refractivity (Wildman–Crippen MR) is 75.4 cm³/mol. The molecule has 0 bridgehead atoms. The summed E-state index contributed by atoms with van der Waals surface area (Å²) >= 11 is 0. The Morgan fingerprint density at radius 3 is 2.65 bits per heavy atom. The van der Waals surface area contributed by atoms with E-state index in [1.54, 1.807) is 0 Å². The molecule has 1 aliphatic heterocycles. The molecule has 0 radical (unpaired) electrons. The molecular formula is C14H21N3O3. The van der Waals surface area contributed by atoms with Gasteiger partial charge in [-0.25, -0.2) is 4.79 Å². The van der Waals surface area contributed by atoms with Crippen LogP contribution in [0.1, 0.15) is 41.9 Å². The highest BCUT2D eigenvalue weighted by atomic mass is 16.5. The Bertz CT molecular complexity index is 499. The molecule has 1 fully saturated rings. The molecule has 2 heterocycles. The number of aromatic nitrogens is 2. The number of nitrogens with zero attached hydrogens (tertiary/aromatic N) is 3. The van der Waals surface area contributed by atoms with Crippen LogP contribution in [-0.4, -0.2) is 47.6 Å². The lowest BCUT2D eigenvalue weighted by Gasteiger charge is -2.26. The van der Waals surface area contributed by atoms with E-state index >= 15 is 0 Å². The van der Waals surface area contributed by atoms with E-state index in [0.717, 1.165) is 17.7 Å². The van der Waals surface area contributed by atoms with Gasteiger partial charge in [0.15, 0.2) is 5.82 Å². The van der Waals surface area contributed by atoms with E-state index in [0.29, 0.717) is 31.9 Å². The third-order valence-electron chi connectivity index (χ3n) is 3.83. The van der Waals surface area contributed by atoms with Crippen LogP contribution in [0.4, 0.5) is 5.82 Å². The maximum atomic E-state index is 11.7. The minimum atomic E-state index is -0.938. The van der Waals surface area contributed by atoms with E-state index in [1.165, 1.54) is 0 Å². The van der Waals surface area contributed by atoms with Crippen LogP contribution < -0.4 is 4.90 Å². The summed E-state index contributed by atoms with van der Waals surface area (Å²) in [5, 5.41) is 17.9. The van der Waals surface area contributed by atoms with Gasteiger partial charge in [0.1, 0.15) is 5.56 Å². The van der Waals surface area contributed by atoms with Gasteiger partial charge in [-0.3, -0.25) is 0 Å². The van der Waals surface area contributed by atoms with Gasteiger partial charge < -0.3 is 14.7 Å². The molecule has 0 amide bonds. The van der Waals surface area contributed by atoms with Crippen LogP contribution in [0, 0.1) is 0 Å². The van der Waals surface area contributed by atoms with Crippen LogP contribution >= 0.6 is 0 Å². The molecule has 0 aliphatic carbocycles. The highest BCUT2D eigenvalue weighted by Gasteiger charge is 2.28. The van der Waals surface area contributed by atoms with Crippen molar-refractivity contribution in [1.82, 2.24) is 10.2 Å². The first-order chi connectivity index (χ1) is 9.60. The van der Waals surface area contributed by atoms with Crippen molar-refractivity contribution in [2.24, 2.45) is 0 Å². The first kappa shape index (κ1) is 14.7. The number of anilines is 1. The topological polar surface area (TPSA) is 75.5 Å². The lowest BCUT2D eigenvalue weighted by molar-refractivity contribution is 0.0695. The van der Waals surface area contributed by atoms with E-state index in [2.05, 4.69) is 10.2 Å². The first-order valence-electron chi connectivity index (χ1n) is 7.02. The molecule has 0 saturated carbocycles. The highest BCUT2D eigenvalue weighted by molar-refractivity contribution is 5.95. The van der Waals surface area contributed by atoms with Crippen molar-refractivity contribution in [3.05, 3.63) is 16.8 Å². The average Bonchev–Trinajstić information content (AvgIpc) is 2.98. The van der Waals surface area contributed by atoms with Crippen molar-refractivity contribution in [3.8, 4) is 0 Å². The van der Waals surface area contributed by atoms with Gasteiger partial charge >= 0.3 is 5.97 Å². The predicted octanol–water partition coefficient (Wildman–Crippen LogP) is 1.52. The summed E-state index contributed by atoms with van der Waals surface area (Å²) in [5.74, 6) is -0.491. The summed E-state index contributed by atoms with van der Waals surface area (Å²) in [5.41, 5.74) is 1.84. The van der Waals surface area contributed by atoms with E-state index in [4.69, 9.17) is 4.74 Å². The maximum absolute atomic E-state index is 11.7. The lowest BCUT2D eigenvalue weighted by atomic mass is 10.0. The number of hydrogen-bond acceptors (Lipinski definition) is 5. The fourth-order valence-electron chi connectivity index (χ4n) is 2.63. The Balaban J connectivity index is 2.48. The molecule has 0 aromatic carbocycles. The van der Waals surface area contributed by atoms with Crippen LogP contribution in [0.15, 0.2) is 0 Å². The summed E-state index contributed by atoms with van der Waals surface area (Å²) in [6.07, 6.45) is 2.21. The molecular weight excluding hydrogens is 258 g/mol. The number of carboxylic acids is 1. The van der Waals surface area contributed by atoms with Crippen LogP contribution in [0.5, 0.6) is 0 Å². The van der Waals surface area contributed by atoms with Crippen molar-refractivity contribution in [1.29, 1.82) is 0 Å². The molecule has 1 atom stereocenters. The summed E-state index contributed by atoms with van der Waals surface area (Å²) in [7, 11) is 1.86. The normalized spacial score (nSPS) is 18.2. The van der Waals surface area contributed by atoms with Crippen LogP contribution in [-0.2, 0) is 17.6 Å². The first-order valence-corrected chi connectivity index (χ1v) is 7.02. The molecule has 1 unspecified atom stereocenters. The Kier molecular flexibility index (Phi) is 4.54. The average molecular weight is 279 g/mol. The van der Waals surface area contributed by atoms with Gasteiger partial charge in [0, 0.05) is 13.7 Å². The van der Waals surface area contributed by atoms with Gasteiger partial charge in [0.2, 0.25) is 0 Å². The molecule has 20 heavy (non-hydrogen) atoms. The SMILES string of the molecule is CCc1nnc(N(C)C2CCOC2)c(C(=O)O)c1CC. The summed E-state index contributed by atoms with van der Waals surface area (Å²) in [4.78, 5) is 13.6. The minimum absolute atomic E-state index is 0.166. The zero-order valence-electron chi connectivity index (χ0n) is 12.2. The quantitative estimate of drug-likeness (QED) is 0.881. The number of aryl methyl sites for hydroxylation is 1. The number of rotatable bonds is 5. The number of carbonyl (C=O) groups is 1. The van der Waals surface area contributed by atoms with Crippen LogP contribution in [0.2, 0.25) is 0 Å². The zero-order valence-corrected chi connectivity index (χ0v) is 12.2. The van der Waals surface area contributed by atoms with Gasteiger partial charge in [-0.05, 0) is 24.8 Å². The van der Waals surface area contributed by atoms with Crippen LogP contribution in [0.3, 0.4) is 0 Å². The van der Waals surface area contributed by atoms with Crippen molar-refractivity contribution >= 4 is 11.8 Å². The number of likely N-dealkylation sites (N-methyl/N-ethyl adjacent to an activating group) is 1. The smallest absolute Gasteiger partial charge is 0.339 e. The monoisotopic (exact) mass is 279 g/mol. The second-order valence-electron chi connectivity index (χ2n) is 4.96. The van der Waals surface area contributed by atoms with Crippen molar-refractivity contribution < 1.29 is 14.6 Å². The van der Waals surface area contributed by atoms with Gasteiger partial charge in [0.25, 0.3) is 0 Å². The number of aromatic carboxylic acids is 1. The Labute approximate surface area is 118 Å². The number of carboxylic acid groups (broad SMARTS) is 1. The van der Waals surface area contributed by atoms with Gasteiger partial charge in [0.05, 0.1) is 18.3 Å². The number of hydrogen-bond donors (Lipinski definition) is 1. The molecule has 6 heteroatoms. The number of ether oxygens (including phenoxy) is 1. The Morgan fingerprint density at radius 2 is 2.15 bits per heavy atom. The highest BCUT2D eigenvalue weighted by Crippen LogP contribution is 2.26. The molecule has 0 spiro atoms. The second-order valence-corrected chi connectivity index (χ2v) is 4.96. The third kappa shape index (κ3) is 2.60. The van der Waals surface area contributed by atoms with Crippen LogP contribution in [0.25, 0.3) is 0 Å². The summed E-state index contributed by atoms with van der Waals surface area (Å²) < 4.78 is 5.36. The molecule has 110 valence electrons. The lowest BCUT2D eigenvalue weighted by Crippen LogP contribution is -2.34. The van der Waals surface area contributed by atoms with Crippen molar-refractivity contribution in [3.63, 3.8) is 0 Å². The van der Waals surface area contributed by atoms with Gasteiger partial charge in [-0.15, -0.1) is 5.10 Å². The van der Waals surface area contributed by atoms with Crippen molar-refractivity contribution in [2.45, 2.75) is 39.2 Å². The molecule has 1 aliphatic rings. The van der Waals surface area contributed by atoms with Crippen molar-refractivity contribution in [2.75, 3.05) is 25.2 Å². The fraction of sp³-hybridized carbons (Fsp3) is 0.643. The standard InChI is InChI=1S/C14H21N3O3/c1-4-10-11(5-2)15-16-13(12(10)14(18)19)17(3)9-6-7-20-8-9/h9H,4-8H2,1-3H3,(H,18,19). The second kappa shape index (κ2) is 6.17. The van der Waals surface area contributed by atoms with Gasteiger partial charge in [-0.2, -0.15) is 5.10 Å². The molecule has 1 aromatic rings. The summed E-state index contributed by atoms with van der Waals surface area (Å²) in [6.45, 7) is 5.22. The Hall–Kier alpha value is -1.69. The Morgan fingerprint density at radius 1 is 1.40 bits per heavy atom. The van der Waals surface area contributed by atoms with E-state index < -0.39 is 5.97 Å². The molecule has 6 nitrogen and oxygen atoms in total. The maximum Gasteiger partial charge on any atom is 0.339 e.